The van der Waals surface area contributed by atoms with Gasteiger partial charge in [0.05, 0.1) is 12.2 Å². The van der Waals surface area contributed by atoms with Gasteiger partial charge in [0.1, 0.15) is 5.82 Å². The first-order chi connectivity index (χ1) is 13.9. The highest BCUT2D eigenvalue weighted by Gasteiger charge is 2.23. The maximum Gasteiger partial charge on any atom is 0.251 e. The van der Waals surface area contributed by atoms with Gasteiger partial charge in [0.15, 0.2) is 5.78 Å². The van der Waals surface area contributed by atoms with E-state index in [2.05, 4.69) is 10.6 Å². The Morgan fingerprint density at radius 1 is 1.03 bits per heavy atom. The van der Waals surface area contributed by atoms with Gasteiger partial charge in [-0.3, -0.25) is 19.3 Å². The molecule has 1 aliphatic rings. The second kappa shape index (κ2) is 9.43. The third-order valence-corrected chi connectivity index (χ3v) is 4.98. The summed E-state index contributed by atoms with van der Waals surface area (Å²) in [5, 5.41) is 5.77. The average Bonchev–Trinajstić information content (AvgIpc) is 2.70. The molecule has 6 nitrogen and oxygen atoms in total. The van der Waals surface area contributed by atoms with Crippen LogP contribution in [0.1, 0.15) is 40.5 Å². The van der Waals surface area contributed by atoms with Crippen LogP contribution in [-0.2, 0) is 4.79 Å². The standard InChI is InChI=1S/C22H24FN3O3/c1-15(27)19-4-2-3-5-20(19)25-21(28)14-26-12-10-18(11-13-26)24-22(29)16-6-8-17(23)9-7-16/h2-9,18H,10-14H2,1H3,(H,24,29)(H,25,28). The molecular formula is C22H24FN3O3. The lowest BCUT2D eigenvalue weighted by Crippen LogP contribution is -2.46. The Balaban J connectivity index is 1.46. The van der Waals surface area contributed by atoms with Crippen LogP contribution in [0.3, 0.4) is 0 Å². The van der Waals surface area contributed by atoms with Gasteiger partial charge in [-0.05, 0) is 56.2 Å². The number of rotatable bonds is 6. The number of anilines is 1. The molecule has 152 valence electrons. The summed E-state index contributed by atoms with van der Waals surface area (Å²) in [4.78, 5) is 38.3. The fraction of sp³-hybridized carbons (Fsp3) is 0.318. The molecule has 2 aromatic rings. The van der Waals surface area contributed by atoms with Crippen LogP contribution in [0.4, 0.5) is 10.1 Å². The lowest BCUT2D eigenvalue weighted by Gasteiger charge is -2.31. The maximum absolute atomic E-state index is 13.0. The summed E-state index contributed by atoms with van der Waals surface area (Å²) in [5.41, 5.74) is 1.44. The van der Waals surface area contributed by atoms with Gasteiger partial charge in [-0.25, -0.2) is 4.39 Å². The Hall–Kier alpha value is -3.06. The van der Waals surface area contributed by atoms with Crippen molar-refractivity contribution in [2.24, 2.45) is 0 Å². The van der Waals surface area contributed by atoms with E-state index in [1.807, 2.05) is 4.90 Å². The van der Waals surface area contributed by atoms with Gasteiger partial charge < -0.3 is 10.6 Å². The summed E-state index contributed by atoms with van der Waals surface area (Å²) in [7, 11) is 0. The number of carbonyl (C=O) groups excluding carboxylic acids is 3. The number of ketones is 1. The summed E-state index contributed by atoms with van der Waals surface area (Å²) < 4.78 is 13.0. The molecule has 1 aliphatic heterocycles. The molecule has 29 heavy (non-hydrogen) atoms. The summed E-state index contributed by atoms with van der Waals surface area (Å²) in [6, 6.07) is 12.4. The Morgan fingerprint density at radius 3 is 2.34 bits per heavy atom. The van der Waals surface area contributed by atoms with Crippen LogP contribution in [0.5, 0.6) is 0 Å². The Morgan fingerprint density at radius 2 is 1.69 bits per heavy atom. The zero-order valence-corrected chi connectivity index (χ0v) is 16.3. The molecule has 0 atom stereocenters. The number of para-hydroxylation sites is 1. The second-order valence-corrected chi connectivity index (χ2v) is 7.18. The van der Waals surface area contributed by atoms with Gasteiger partial charge in [-0.2, -0.15) is 0 Å². The normalized spacial score (nSPS) is 15.0. The van der Waals surface area contributed by atoms with Gasteiger partial charge >= 0.3 is 0 Å². The number of carbonyl (C=O) groups is 3. The van der Waals surface area contributed by atoms with Crippen molar-refractivity contribution in [3.63, 3.8) is 0 Å². The molecule has 1 heterocycles. The summed E-state index contributed by atoms with van der Waals surface area (Å²) >= 11 is 0. The fourth-order valence-electron chi connectivity index (χ4n) is 3.40. The Kier molecular flexibility index (Phi) is 6.72. The van der Waals surface area contributed by atoms with Crippen molar-refractivity contribution in [2.45, 2.75) is 25.8 Å². The predicted octanol–water partition coefficient (Wildman–Crippen LogP) is 2.86. The number of nitrogens with zero attached hydrogens (tertiary/aromatic N) is 1. The Labute approximate surface area is 169 Å². The molecule has 1 saturated heterocycles. The van der Waals surface area contributed by atoms with Crippen molar-refractivity contribution in [1.29, 1.82) is 0 Å². The number of hydrogen-bond acceptors (Lipinski definition) is 4. The summed E-state index contributed by atoms with van der Waals surface area (Å²) in [5.74, 6) is -0.868. The highest BCUT2D eigenvalue weighted by Crippen LogP contribution is 2.16. The molecule has 7 heteroatoms. The van der Waals surface area contributed by atoms with Crippen LogP contribution in [0, 0.1) is 5.82 Å². The minimum atomic E-state index is -0.376. The zero-order valence-electron chi connectivity index (χ0n) is 16.3. The third-order valence-electron chi connectivity index (χ3n) is 4.98. The lowest BCUT2D eigenvalue weighted by molar-refractivity contribution is -0.117. The van der Waals surface area contributed by atoms with Crippen LogP contribution < -0.4 is 10.6 Å². The molecule has 0 saturated carbocycles. The largest absolute Gasteiger partial charge is 0.349 e. The summed E-state index contributed by atoms with van der Waals surface area (Å²) in [6.45, 7) is 3.05. The third kappa shape index (κ3) is 5.71. The van der Waals surface area contributed by atoms with E-state index in [-0.39, 0.29) is 36.0 Å². The zero-order chi connectivity index (χ0) is 20.8. The number of likely N-dealkylation sites (tertiary alicyclic amines) is 1. The van der Waals surface area contributed by atoms with Crippen molar-refractivity contribution in [3.05, 3.63) is 65.5 Å². The number of piperidine rings is 1. The lowest BCUT2D eigenvalue weighted by atomic mass is 10.0. The smallest absolute Gasteiger partial charge is 0.251 e. The fourth-order valence-corrected chi connectivity index (χ4v) is 3.40. The molecule has 2 N–H and O–H groups in total. The molecule has 0 bridgehead atoms. The van der Waals surface area contributed by atoms with Crippen molar-refractivity contribution >= 4 is 23.3 Å². The minimum Gasteiger partial charge on any atom is -0.349 e. The van der Waals surface area contributed by atoms with Crippen molar-refractivity contribution in [1.82, 2.24) is 10.2 Å². The minimum absolute atomic E-state index is 0.0188. The average molecular weight is 397 g/mol. The second-order valence-electron chi connectivity index (χ2n) is 7.18. The van der Waals surface area contributed by atoms with E-state index in [0.29, 0.717) is 29.9 Å². The molecule has 0 aliphatic carbocycles. The highest BCUT2D eigenvalue weighted by molar-refractivity contribution is 6.04. The van der Waals surface area contributed by atoms with E-state index in [4.69, 9.17) is 0 Å². The van der Waals surface area contributed by atoms with E-state index >= 15 is 0 Å². The van der Waals surface area contributed by atoms with Crippen LogP contribution in [0.2, 0.25) is 0 Å². The first kappa shape index (κ1) is 20.7. The topological polar surface area (TPSA) is 78.5 Å². The SMILES string of the molecule is CC(=O)c1ccccc1NC(=O)CN1CCC(NC(=O)c2ccc(F)cc2)CC1. The molecule has 2 aromatic carbocycles. The van der Waals surface area contributed by atoms with Gasteiger partial charge in [-0.1, -0.05) is 12.1 Å². The maximum atomic E-state index is 13.0. The van der Waals surface area contributed by atoms with Crippen molar-refractivity contribution < 1.29 is 18.8 Å². The quantitative estimate of drug-likeness (QED) is 0.735. The predicted molar refractivity (Wildman–Crippen MR) is 108 cm³/mol. The first-order valence-electron chi connectivity index (χ1n) is 9.61. The molecular weight excluding hydrogens is 373 g/mol. The first-order valence-corrected chi connectivity index (χ1v) is 9.61. The molecule has 0 spiro atoms. The van der Waals surface area contributed by atoms with E-state index in [0.717, 1.165) is 12.8 Å². The highest BCUT2D eigenvalue weighted by atomic mass is 19.1. The Bertz CT molecular complexity index is 890. The number of amides is 2. The van der Waals surface area contributed by atoms with Gasteiger partial charge in [-0.15, -0.1) is 0 Å². The van der Waals surface area contributed by atoms with Crippen LogP contribution in [0.25, 0.3) is 0 Å². The molecule has 0 aromatic heterocycles. The number of halogens is 1. The van der Waals surface area contributed by atoms with Crippen LogP contribution in [-0.4, -0.2) is 48.2 Å². The van der Waals surface area contributed by atoms with Gasteiger partial charge in [0.2, 0.25) is 5.91 Å². The van der Waals surface area contributed by atoms with E-state index < -0.39 is 0 Å². The van der Waals surface area contributed by atoms with E-state index in [1.54, 1.807) is 24.3 Å². The monoisotopic (exact) mass is 397 g/mol. The van der Waals surface area contributed by atoms with E-state index in [9.17, 15) is 18.8 Å². The molecule has 0 unspecified atom stereocenters. The van der Waals surface area contributed by atoms with Gasteiger partial charge in [0.25, 0.3) is 5.91 Å². The summed E-state index contributed by atoms with van der Waals surface area (Å²) in [6.07, 6.45) is 1.45. The van der Waals surface area contributed by atoms with E-state index in [1.165, 1.54) is 31.2 Å². The molecule has 2 amide bonds. The number of hydrogen-bond donors (Lipinski definition) is 2. The molecule has 1 fully saturated rings. The van der Waals surface area contributed by atoms with Crippen LogP contribution >= 0.6 is 0 Å². The number of Topliss-reactive ketones (excluding diaryl/α,β-unsaturated/α-hetero) is 1. The van der Waals surface area contributed by atoms with Crippen molar-refractivity contribution in [3.8, 4) is 0 Å². The molecule has 3 rings (SSSR count). The number of benzene rings is 2. The van der Waals surface area contributed by atoms with Gasteiger partial charge in [0, 0.05) is 30.3 Å². The van der Waals surface area contributed by atoms with Crippen molar-refractivity contribution in [2.75, 3.05) is 25.0 Å². The molecule has 0 radical (unpaired) electrons. The van der Waals surface area contributed by atoms with Crippen LogP contribution in [0.15, 0.2) is 48.5 Å². The number of nitrogens with one attached hydrogen (secondary N) is 2.